The van der Waals surface area contributed by atoms with Gasteiger partial charge >= 0.3 is 0 Å². The van der Waals surface area contributed by atoms with Gasteiger partial charge in [-0.15, -0.1) is 0 Å². The maximum Gasteiger partial charge on any atom is 0.205 e. The van der Waals surface area contributed by atoms with Crippen LogP contribution in [0.25, 0.3) is 0 Å². The Labute approximate surface area is 321 Å². The third kappa shape index (κ3) is 13.6. The Morgan fingerprint density at radius 2 is 0.887 bits per heavy atom. The smallest absolute Gasteiger partial charge is 0.205 e. The van der Waals surface area contributed by atoms with Crippen LogP contribution >= 0.6 is 0 Å². The standard InChI is InChI=1S/C25H32N2.C24H30N2/c1-3-5-6-7-21-8-13-23(14-9-21)24-15-10-22(11-16-24)12-17-25-26-18-20(4-2)19-27-25;1-3-4-5-6-20-7-12-22(13-8-20)23-14-9-21(10-15-23)11-16-24-25-17-19(2)18-26-24/h10-11,15-16,18-19,21,23H,3-9,13-14H2,1-2H3;9-10,14-15,17-18,20,22H,3-8,12-13H2,1-2H3. The van der Waals surface area contributed by atoms with E-state index in [1.54, 1.807) is 12.4 Å². The highest BCUT2D eigenvalue weighted by atomic mass is 14.9. The fraction of sp³-hybridized carbons (Fsp3) is 0.510. The van der Waals surface area contributed by atoms with Gasteiger partial charge in [-0.1, -0.05) is 108 Å². The van der Waals surface area contributed by atoms with Gasteiger partial charge in [-0.2, -0.15) is 0 Å². The minimum atomic E-state index is 0.584. The number of benzene rings is 2. The summed E-state index contributed by atoms with van der Waals surface area (Å²) < 4.78 is 0. The van der Waals surface area contributed by atoms with Gasteiger partial charge in [0.05, 0.1) is 0 Å². The van der Waals surface area contributed by atoms with E-state index < -0.39 is 0 Å². The van der Waals surface area contributed by atoms with E-state index in [2.05, 4.69) is 113 Å². The average molecular weight is 707 g/mol. The molecule has 0 atom stereocenters. The zero-order chi connectivity index (χ0) is 37.1. The lowest BCUT2D eigenvalue weighted by Gasteiger charge is -2.29. The highest BCUT2D eigenvalue weighted by molar-refractivity contribution is 5.41. The van der Waals surface area contributed by atoms with E-state index >= 15 is 0 Å². The minimum Gasteiger partial charge on any atom is -0.229 e. The van der Waals surface area contributed by atoms with Crippen LogP contribution in [0.3, 0.4) is 0 Å². The van der Waals surface area contributed by atoms with Crippen LogP contribution in [0, 0.1) is 42.4 Å². The SMILES string of the molecule is CCCCCC1CCC(c2ccc(C#Cc3ncc(C)cn3)cc2)CC1.CCCCCC1CCC(c2ccc(C#Cc3ncc(CC)cn3)cc2)CC1. The normalized spacial score (nSPS) is 19.5. The van der Waals surface area contributed by atoms with E-state index in [0.717, 1.165) is 52.3 Å². The first kappa shape index (κ1) is 39.9. The Morgan fingerprint density at radius 1 is 0.491 bits per heavy atom. The first-order valence-corrected chi connectivity index (χ1v) is 20.9. The summed E-state index contributed by atoms with van der Waals surface area (Å²) >= 11 is 0. The summed E-state index contributed by atoms with van der Waals surface area (Å²) in [6, 6.07) is 17.7. The van der Waals surface area contributed by atoms with E-state index in [0.29, 0.717) is 11.6 Å². The molecule has 0 spiro atoms. The molecule has 2 saturated carbocycles. The fourth-order valence-corrected chi connectivity index (χ4v) is 7.93. The Bertz CT molecular complexity index is 1740. The van der Waals surface area contributed by atoms with Gasteiger partial charge in [-0.3, -0.25) is 0 Å². The Hall–Kier alpha value is -4.28. The molecule has 0 saturated heterocycles. The Kier molecular flexibility index (Phi) is 16.6. The highest BCUT2D eigenvalue weighted by Crippen LogP contribution is 2.39. The molecule has 2 aliphatic carbocycles. The van der Waals surface area contributed by atoms with Crippen LogP contribution in [0.5, 0.6) is 0 Å². The van der Waals surface area contributed by atoms with E-state index in [-0.39, 0.29) is 0 Å². The van der Waals surface area contributed by atoms with Crippen LogP contribution in [0.4, 0.5) is 0 Å². The van der Waals surface area contributed by atoms with E-state index in [4.69, 9.17) is 0 Å². The van der Waals surface area contributed by atoms with E-state index in [1.807, 2.05) is 19.3 Å². The van der Waals surface area contributed by atoms with Gasteiger partial charge in [-0.25, -0.2) is 19.9 Å². The molecular weight excluding hydrogens is 645 g/mol. The number of aryl methyl sites for hydroxylation is 2. The third-order valence-corrected chi connectivity index (χ3v) is 11.4. The van der Waals surface area contributed by atoms with Crippen LogP contribution in [0.1, 0.15) is 180 Å². The summed E-state index contributed by atoms with van der Waals surface area (Å²) in [4.78, 5) is 17.1. The van der Waals surface area contributed by atoms with Crippen LogP contribution in [0.15, 0.2) is 73.3 Å². The molecule has 0 N–H and O–H groups in total. The number of unbranched alkanes of at least 4 members (excludes halogenated alkanes) is 4. The van der Waals surface area contributed by atoms with Crippen molar-refractivity contribution in [1.29, 1.82) is 0 Å². The molecule has 0 bridgehead atoms. The molecule has 4 nitrogen and oxygen atoms in total. The van der Waals surface area contributed by atoms with Crippen LogP contribution in [-0.4, -0.2) is 19.9 Å². The van der Waals surface area contributed by atoms with Crippen molar-refractivity contribution in [2.24, 2.45) is 11.8 Å². The van der Waals surface area contributed by atoms with Crippen molar-refractivity contribution in [2.75, 3.05) is 0 Å². The number of rotatable bonds is 11. The van der Waals surface area contributed by atoms with E-state index in [9.17, 15) is 0 Å². The van der Waals surface area contributed by atoms with Gasteiger partial charge in [0.15, 0.2) is 0 Å². The Balaban J connectivity index is 0.000000204. The van der Waals surface area contributed by atoms with Gasteiger partial charge < -0.3 is 0 Å². The van der Waals surface area contributed by atoms with Crippen molar-refractivity contribution in [1.82, 2.24) is 19.9 Å². The van der Waals surface area contributed by atoms with Crippen molar-refractivity contribution in [3.63, 3.8) is 0 Å². The number of hydrogen-bond donors (Lipinski definition) is 0. The molecule has 2 aromatic carbocycles. The Morgan fingerprint density at radius 3 is 1.26 bits per heavy atom. The first-order valence-electron chi connectivity index (χ1n) is 20.9. The number of aromatic nitrogens is 4. The maximum atomic E-state index is 4.30. The van der Waals surface area contributed by atoms with E-state index in [1.165, 1.54) is 114 Å². The largest absolute Gasteiger partial charge is 0.229 e. The molecule has 53 heavy (non-hydrogen) atoms. The lowest BCUT2D eigenvalue weighted by atomic mass is 9.77. The summed E-state index contributed by atoms with van der Waals surface area (Å²) in [6.45, 7) is 8.66. The van der Waals surface area contributed by atoms with Crippen molar-refractivity contribution in [3.05, 3.63) is 118 Å². The molecule has 0 amide bonds. The molecule has 4 heteroatoms. The fourth-order valence-electron chi connectivity index (χ4n) is 7.93. The summed E-state index contributed by atoms with van der Waals surface area (Å²) in [5.74, 6) is 17.1. The molecule has 278 valence electrons. The zero-order valence-corrected chi connectivity index (χ0v) is 33.0. The van der Waals surface area contributed by atoms with Gasteiger partial charge in [0, 0.05) is 35.9 Å². The van der Waals surface area contributed by atoms with Crippen LogP contribution in [0.2, 0.25) is 0 Å². The topological polar surface area (TPSA) is 51.6 Å². The third-order valence-electron chi connectivity index (χ3n) is 11.4. The second-order valence-electron chi connectivity index (χ2n) is 15.5. The number of nitrogens with zero attached hydrogens (tertiary/aromatic N) is 4. The van der Waals surface area contributed by atoms with Gasteiger partial charge in [0.2, 0.25) is 11.6 Å². The summed E-state index contributed by atoms with van der Waals surface area (Å²) in [7, 11) is 0. The van der Waals surface area contributed by atoms with Crippen molar-refractivity contribution < 1.29 is 0 Å². The average Bonchev–Trinajstić information content (AvgIpc) is 3.21. The summed E-state index contributed by atoms with van der Waals surface area (Å²) in [5.41, 5.74) is 7.23. The molecule has 0 aliphatic heterocycles. The van der Waals surface area contributed by atoms with Crippen LogP contribution < -0.4 is 0 Å². The molecule has 6 rings (SSSR count). The summed E-state index contributed by atoms with van der Waals surface area (Å²) in [5, 5.41) is 0. The molecule has 2 aliphatic rings. The minimum absolute atomic E-state index is 0.584. The molecule has 2 aromatic heterocycles. The second-order valence-corrected chi connectivity index (χ2v) is 15.5. The maximum absolute atomic E-state index is 4.30. The monoisotopic (exact) mass is 706 g/mol. The van der Waals surface area contributed by atoms with Gasteiger partial charge in [0.1, 0.15) is 0 Å². The first-order chi connectivity index (χ1) is 26.0. The van der Waals surface area contributed by atoms with Gasteiger partial charge in [0.25, 0.3) is 0 Å². The summed E-state index contributed by atoms with van der Waals surface area (Å²) in [6.07, 6.45) is 30.5. The van der Waals surface area contributed by atoms with Crippen molar-refractivity contribution in [3.8, 4) is 23.7 Å². The molecule has 0 unspecified atom stereocenters. The predicted molar refractivity (Wildman–Crippen MR) is 221 cm³/mol. The highest BCUT2D eigenvalue weighted by Gasteiger charge is 2.23. The van der Waals surface area contributed by atoms with Crippen LogP contribution in [-0.2, 0) is 6.42 Å². The lowest BCUT2D eigenvalue weighted by molar-refractivity contribution is 0.303. The predicted octanol–water partition coefficient (Wildman–Crippen LogP) is 12.3. The molecule has 4 aromatic rings. The van der Waals surface area contributed by atoms with Crippen molar-refractivity contribution >= 4 is 0 Å². The number of hydrogen-bond acceptors (Lipinski definition) is 4. The van der Waals surface area contributed by atoms with Gasteiger partial charge in [-0.05, 0) is 147 Å². The molecule has 2 heterocycles. The quantitative estimate of drug-likeness (QED) is 0.115. The zero-order valence-electron chi connectivity index (χ0n) is 33.0. The molecule has 2 fully saturated rings. The molecular formula is C49H62N4. The molecule has 0 radical (unpaired) electrons. The lowest BCUT2D eigenvalue weighted by Crippen LogP contribution is -2.13. The second kappa shape index (κ2) is 22.1. The van der Waals surface area contributed by atoms with Crippen molar-refractivity contribution in [2.45, 2.75) is 149 Å².